The number of amides is 4. The average Bonchev–Trinajstić information content (AvgIpc) is 3.66. The molecule has 2 fully saturated rings. The van der Waals surface area contributed by atoms with E-state index in [1.165, 1.54) is 10.9 Å². The maximum atomic E-state index is 13.9. The molecular weight excluding hydrogens is 530 g/mol. The molecule has 2 N–H and O–H groups in total. The van der Waals surface area contributed by atoms with E-state index in [1.807, 2.05) is 49.5 Å². The molecule has 7 rings (SSSR count). The molecular formula is C33H35N5O4. The van der Waals surface area contributed by atoms with Gasteiger partial charge in [-0.2, -0.15) is 0 Å². The molecule has 9 heteroatoms. The number of aromatic nitrogens is 1. The SMILES string of the molecule is C[C@H](NC(=O)C1C=C2c3cccc4[nH]cc(c34)C[C@H]2N(C)C1)C(=O)N1C(=O)[C@@H]2CCCN2C(=O)[C@@H]1Cc1ccccc1. The van der Waals surface area contributed by atoms with Gasteiger partial charge in [0.1, 0.15) is 18.1 Å². The Morgan fingerprint density at radius 3 is 2.67 bits per heavy atom. The number of piperazine rings is 1. The van der Waals surface area contributed by atoms with Crippen LogP contribution in [0.3, 0.4) is 0 Å². The number of carbonyl (C=O) groups is 4. The summed E-state index contributed by atoms with van der Waals surface area (Å²) in [6, 6.07) is 13.3. The summed E-state index contributed by atoms with van der Waals surface area (Å²) in [6.07, 6.45) is 6.52. The second-order valence-corrected chi connectivity index (χ2v) is 12.1. The number of likely N-dealkylation sites (N-methyl/N-ethyl adjacent to an activating group) is 1. The Labute approximate surface area is 244 Å². The third kappa shape index (κ3) is 4.26. The Kier molecular flexibility index (Phi) is 6.50. The third-order valence-corrected chi connectivity index (χ3v) is 9.50. The molecule has 2 aromatic carbocycles. The molecule has 216 valence electrons. The Bertz CT molecular complexity index is 1630. The summed E-state index contributed by atoms with van der Waals surface area (Å²) in [6.45, 7) is 2.65. The fourth-order valence-corrected chi connectivity index (χ4v) is 7.39. The lowest BCUT2D eigenvalue weighted by Gasteiger charge is -2.42. The fraction of sp³-hybridized carbons (Fsp3) is 0.394. The van der Waals surface area contributed by atoms with Crippen LogP contribution in [0.25, 0.3) is 16.5 Å². The molecule has 42 heavy (non-hydrogen) atoms. The lowest BCUT2D eigenvalue weighted by atomic mass is 9.80. The first-order valence-corrected chi connectivity index (χ1v) is 14.8. The van der Waals surface area contributed by atoms with Gasteiger partial charge in [-0.25, -0.2) is 0 Å². The van der Waals surface area contributed by atoms with Crippen molar-refractivity contribution in [3.05, 3.63) is 77.5 Å². The first-order valence-electron chi connectivity index (χ1n) is 14.8. The molecule has 1 aliphatic carbocycles. The number of hydrogen-bond acceptors (Lipinski definition) is 5. The van der Waals surface area contributed by atoms with E-state index in [9.17, 15) is 19.2 Å². The number of nitrogens with one attached hydrogen (secondary N) is 2. The number of aromatic amines is 1. The van der Waals surface area contributed by atoms with Crippen molar-refractivity contribution in [3.63, 3.8) is 0 Å². The summed E-state index contributed by atoms with van der Waals surface area (Å²) in [5, 5.41) is 4.10. The monoisotopic (exact) mass is 565 g/mol. The number of rotatable bonds is 5. The van der Waals surface area contributed by atoms with Crippen LogP contribution in [-0.2, 0) is 32.0 Å². The molecule has 0 spiro atoms. The number of imide groups is 1. The molecule has 0 bridgehead atoms. The van der Waals surface area contributed by atoms with Crippen LogP contribution >= 0.6 is 0 Å². The van der Waals surface area contributed by atoms with Crippen molar-refractivity contribution in [3.8, 4) is 0 Å². The minimum Gasteiger partial charge on any atom is -0.361 e. The van der Waals surface area contributed by atoms with E-state index in [0.29, 0.717) is 19.5 Å². The normalized spacial score (nSPS) is 26.1. The van der Waals surface area contributed by atoms with E-state index in [4.69, 9.17) is 0 Å². The number of carbonyl (C=O) groups excluding carboxylic acids is 4. The summed E-state index contributed by atoms with van der Waals surface area (Å²) in [5.41, 5.74) is 5.50. The zero-order valence-corrected chi connectivity index (χ0v) is 23.9. The number of nitrogens with zero attached hydrogens (tertiary/aromatic N) is 3. The molecule has 0 saturated carbocycles. The van der Waals surface area contributed by atoms with Gasteiger partial charge in [0.2, 0.25) is 11.8 Å². The van der Waals surface area contributed by atoms with E-state index >= 15 is 0 Å². The lowest BCUT2D eigenvalue weighted by molar-refractivity contribution is -0.166. The largest absolute Gasteiger partial charge is 0.361 e. The minimum atomic E-state index is -0.965. The van der Waals surface area contributed by atoms with Gasteiger partial charge in [0.05, 0.1) is 5.92 Å². The van der Waals surface area contributed by atoms with E-state index in [1.54, 1.807) is 11.8 Å². The van der Waals surface area contributed by atoms with Crippen molar-refractivity contribution in [1.82, 2.24) is 25.0 Å². The molecule has 3 aromatic rings. The van der Waals surface area contributed by atoms with Gasteiger partial charge in [0, 0.05) is 42.7 Å². The molecule has 4 heterocycles. The molecule has 4 amide bonds. The summed E-state index contributed by atoms with van der Waals surface area (Å²) in [7, 11) is 2.03. The summed E-state index contributed by atoms with van der Waals surface area (Å²) < 4.78 is 0. The third-order valence-electron chi connectivity index (χ3n) is 9.50. The zero-order valence-electron chi connectivity index (χ0n) is 23.9. The quantitative estimate of drug-likeness (QED) is 0.495. The van der Waals surface area contributed by atoms with Gasteiger partial charge in [-0.15, -0.1) is 0 Å². The average molecular weight is 566 g/mol. The summed E-state index contributed by atoms with van der Waals surface area (Å²) >= 11 is 0. The number of hydrogen-bond donors (Lipinski definition) is 2. The van der Waals surface area contributed by atoms with Gasteiger partial charge >= 0.3 is 0 Å². The van der Waals surface area contributed by atoms with Crippen molar-refractivity contribution < 1.29 is 19.2 Å². The first-order chi connectivity index (χ1) is 20.3. The highest BCUT2D eigenvalue weighted by atomic mass is 16.2. The van der Waals surface area contributed by atoms with Crippen molar-refractivity contribution >= 4 is 40.1 Å². The summed E-state index contributed by atoms with van der Waals surface area (Å²) in [4.78, 5) is 63.1. The van der Waals surface area contributed by atoms with Crippen LogP contribution in [0.4, 0.5) is 0 Å². The topological polar surface area (TPSA) is 106 Å². The van der Waals surface area contributed by atoms with Crippen LogP contribution in [0.1, 0.15) is 36.5 Å². The first kappa shape index (κ1) is 26.6. The van der Waals surface area contributed by atoms with Crippen molar-refractivity contribution in [1.29, 1.82) is 0 Å². The predicted molar refractivity (Wildman–Crippen MR) is 158 cm³/mol. The van der Waals surface area contributed by atoms with E-state index < -0.39 is 30.0 Å². The fourth-order valence-electron chi connectivity index (χ4n) is 7.39. The van der Waals surface area contributed by atoms with Crippen LogP contribution in [0, 0.1) is 5.92 Å². The van der Waals surface area contributed by atoms with E-state index in [2.05, 4.69) is 33.5 Å². The maximum absolute atomic E-state index is 13.9. The van der Waals surface area contributed by atoms with Crippen molar-refractivity contribution in [2.24, 2.45) is 5.92 Å². The molecule has 4 aliphatic rings. The highest BCUT2D eigenvalue weighted by Gasteiger charge is 2.51. The Hall–Kier alpha value is -4.24. The van der Waals surface area contributed by atoms with Crippen LogP contribution in [0.2, 0.25) is 0 Å². The van der Waals surface area contributed by atoms with E-state index in [-0.39, 0.29) is 30.2 Å². The molecule has 9 nitrogen and oxygen atoms in total. The smallest absolute Gasteiger partial charge is 0.252 e. The van der Waals surface area contributed by atoms with Gasteiger partial charge in [-0.1, -0.05) is 48.5 Å². The Morgan fingerprint density at radius 1 is 1.05 bits per heavy atom. The van der Waals surface area contributed by atoms with Gasteiger partial charge in [-0.05, 0) is 61.6 Å². The van der Waals surface area contributed by atoms with Crippen LogP contribution in [0.15, 0.2) is 60.8 Å². The second kappa shape index (κ2) is 10.2. The Balaban J connectivity index is 1.13. The van der Waals surface area contributed by atoms with Crippen LogP contribution in [0.5, 0.6) is 0 Å². The molecule has 0 radical (unpaired) electrons. The maximum Gasteiger partial charge on any atom is 0.252 e. The van der Waals surface area contributed by atoms with Crippen LogP contribution < -0.4 is 5.32 Å². The number of benzene rings is 2. The van der Waals surface area contributed by atoms with Gasteiger partial charge < -0.3 is 15.2 Å². The zero-order chi connectivity index (χ0) is 29.1. The second-order valence-electron chi connectivity index (χ2n) is 12.1. The minimum absolute atomic E-state index is 0.173. The predicted octanol–water partition coefficient (Wildman–Crippen LogP) is 2.51. The molecule has 2 saturated heterocycles. The Morgan fingerprint density at radius 2 is 1.86 bits per heavy atom. The van der Waals surface area contributed by atoms with Gasteiger partial charge in [0.15, 0.2) is 0 Å². The highest BCUT2D eigenvalue weighted by molar-refractivity contribution is 6.09. The van der Waals surface area contributed by atoms with Gasteiger partial charge in [0.25, 0.3) is 11.8 Å². The number of H-pyrrole nitrogens is 1. The van der Waals surface area contributed by atoms with Crippen molar-refractivity contribution in [2.75, 3.05) is 20.1 Å². The molecule has 3 aliphatic heterocycles. The van der Waals surface area contributed by atoms with Crippen LogP contribution in [-0.4, -0.2) is 87.6 Å². The molecule has 5 atom stereocenters. The molecule has 1 unspecified atom stereocenters. The lowest BCUT2D eigenvalue weighted by Crippen LogP contribution is -2.67. The van der Waals surface area contributed by atoms with Gasteiger partial charge in [-0.3, -0.25) is 29.0 Å². The van der Waals surface area contributed by atoms with E-state index in [0.717, 1.165) is 40.0 Å². The summed E-state index contributed by atoms with van der Waals surface area (Å²) in [5.74, 6) is -1.81. The molecule has 1 aromatic heterocycles. The standard InChI is InChI=1S/C33H35N5O4/c1-19(31(40)38-28(14-20-8-4-3-5-9-20)32(41)37-13-7-12-26(37)33(38)42)35-30(39)22-15-24-23-10-6-11-25-29(23)21(17-34-25)16-27(24)36(2)18-22/h3-6,8-11,15,17,19,22,26-28,34H,7,12-14,16,18H2,1-2H3,(H,35,39)/t19-,22?,26-,27+,28-/m0/s1. The number of fused-ring (bicyclic) bond motifs is 3. The highest BCUT2D eigenvalue weighted by Crippen LogP contribution is 2.40. The van der Waals surface area contributed by atoms with Crippen molar-refractivity contribution in [2.45, 2.75) is 56.8 Å².